The molecule has 2 amide bonds. The van der Waals surface area contributed by atoms with Gasteiger partial charge in [-0.2, -0.15) is 5.26 Å². The normalized spacial score (nSPS) is 17.0. The molecule has 26 heavy (non-hydrogen) atoms. The first kappa shape index (κ1) is 18.6. The van der Waals surface area contributed by atoms with Crippen LogP contribution in [-0.4, -0.2) is 22.0 Å². The van der Waals surface area contributed by atoms with E-state index in [-0.39, 0.29) is 24.2 Å². The van der Waals surface area contributed by atoms with Gasteiger partial charge >= 0.3 is 0 Å². The molecular formula is C19H16BrN3O2S. The maximum absolute atomic E-state index is 12.8. The van der Waals surface area contributed by atoms with Crippen molar-refractivity contribution in [2.24, 2.45) is 0 Å². The molecule has 0 radical (unpaired) electrons. The summed E-state index contributed by atoms with van der Waals surface area (Å²) in [6, 6.07) is 12.7. The Labute approximate surface area is 164 Å². The third-order valence-electron chi connectivity index (χ3n) is 4.04. The van der Waals surface area contributed by atoms with Crippen LogP contribution < -0.4 is 4.90 Å². The Morgan fingerprint density at radius 1 is 1.23 bits per heavy atom. The lowest BCUT2D eigenvalue weighted by molar-refractivity contribution is -0.121. The number of amides is 2. The summed E-state index contributed by atoms with van der Waals surface area (Å²) >= 11 is 4.54. The second kappa shape index (κ2) is 7.60. The van der Waals surface area contributed by atoms with Crippen LogP contribution in [0.2, 0.25) is 0 Å². The van der Waals surface area contributed by atoms with E-state index in [1.165, 1.54) is 16.7 Å². The zero-order valence-corrected chi connectivity index (χ0v) is 16.7. The summed E-state index contributed by atoms with van der Waals surface area (Å²) in [6.45, 7) is 4.03. The van der Waals surface area contributed by atoms with Crippen LogP contribution in [0.5, 0.6) is 0 Å². The van der Waals surface area contributed by atoms with E-state index in [0.717, 1.165) is 10.2 Å². The average Bonchev–Trinajstić information content (AvgIpc) is 2.89. The molecule has 1 saturated heterocycles. The number of hydrogen-bond acceptors (Lipinski definition) is 5. The van der Waals surface area contributed by atoms with Crippen molar-refractivity contribution in [3.63, 3.8) is 0 Å². The summed E-state index contributed by atoms with van der Waals surface area (Å²) in [5, 5.41) is 9.25. The minimum Gasteiger partial charge on any atom is -0.274 e. The number of benzene rings is 1. The van der Waals surface area contributed by atoms with Gasteiger partial charge in [0.1, 0.15) is 11.1 Å². The van der Waals surface area contributed by atoms with Crippen molar-refractivity contribution in [1.82, 2.24) is 4.98 Å². The fraction of sp³-hybridized carbons (Fsp3) is 0.263. The lowest BCUT2D eigenvalue weighted by Gasteiger charge is -2.15. The van der Waals surface area contributed by atoms with E-state index in [9.17, 15) is 14.9 Å². The number of anilines is 1. The second-order valence-corrected chi connectivity index (χ2v) is 8.32. The molecule has 5 nitrogen and oxygen atoms in total. The number of nitrogens with zero attached hydrogens (tertiary/aromatic N) is 3. The lowest BCUT2D eigenvalue weighted by Crippen LogP contribution is -2.31. The molecule has 2 heterocycles. The van der Waals surface area contributed by atoms with Gasteiger partial charge in [-0.15, -0.1) is 0 Å². The van der Waals surface area contributed by atoms with Crippen LogP contribution >= 0.6 is 27.7 Å². The Kier molecular flexibility index (Phi) is 5.44. The SMILES string of the molecule is CC(C)c1ccc(C#N)c(S[C@H]2CC(=O)N(c3ccc(Br)cc3)C2=O)n1. The fourth-order valence-corrected chi connectivity index (χ4v) is 4.01. The zero-order valence-electron chi connectivity index (χ0n) is 14.3. The molecule has 1 fully saturated rings. The molecule has 3 rings (SSSR count). The molecule has 2 aromatic rings. The van der Waals surface area contributed by atoms with E-state index in [1.807, 2.05) is 19.9 Å². The third kappa shape index (κ3) is 3.67. The number of nitriles is 1. The molecule has 7 heteroatoms. The summed E-state index contributed by atoms with van der Waals surface area (Å²) < 4.78 is 0.875. The van der Waals surface area contributed by atoms with Crippen molar-refractivity contribution in [3.8, 4) is 6.07 Å². The maximum atomic E-state index is 12.8. The van der Waals surface area contributed by atoms with Crippen LogP contribution in [0, 0.1) is 11.3 Å². The minimum atomic E-state index is -0.576. The number of aromatic nitrogens is 1. The van der Waals surface area contributed by atoms with Gasteiger partial charge in [0.25, 0.3) is 0 Å². The van der Waals surface area contributed by atoms with Gasteiger partial charge < -0.3 is 0 Å². The van der Waals surface area contributed by atoms with Crippen molar-refractivity contribution in [2.45, 2.75) is 36.5 Å². The third-order valence-corrected chi connectivity index (χ3v) is 5.75. The molecular weight excluding hydrogens is 414 g/mol. The molecule has 0 saturated carbocycles. The van der Waals surface area contributed by atoms with Gasteiger partial charge in [-0.1, -0.05) is 41.5 Å². The quantitative estimate of drug-likeness (QED) is 0.678. The summed E-state index contributed by atoms with van der Waals surface area (Å²) in [5.41, 5.74) is 1.82. The zero-order chi connectivity index (χ0) is 18.8. The highest BCUT2D eigenvalue weighted by Gasteiger charge is 2.40. The lowest BCUT2D eigenvalue weighted by atomic mass is 10.1. The minimum absolute atomic E-state index is 0.0953. The highest BCUT2D eigenvalue weighted by molar-refractivity contribution is 9.10. The molecule has 132 valence electrons. The standard InChI is InChI=1S/C19H16BrN3O2S/c1-11(2)15-8-3-12(10-21)18(22-15)26-16-9-17(24)23(19(16)25)14-6-4-13(20)5-7-14/h3-8,11,16H,9H2,1-2H3/t16-/m0/s1. The Balaban J connectivity index is 1.87. The van der Waals surface area contributed by atoms with Crippen molar-refractivity contribution < 1.29 is 9.59 Å². The summed E-state index contributed by atoms with van der Waals surface area (Å²) in [4.78, 5) is 30.9. The number of imide groups is 1. The average molecular weight is 430 g/mol. The molecule has 1 aromatic carbocycles. The predicted octanol–water partition coefficient (Wildman–Crippen LogP) is 4.26. The Bertz CT molecular complexity index is 906. The summed E-state index contributed by atoms with van der Waals surface area (Å²) in [6.07, 6.45) is 0.0953. The van der Waals surface area contributed by atoms with E-state index in [2.05, 4.69) is 27.0 Å². The van der Waals surface area contributed by atoms with Crippen LogP contribution in [0.25, 0.3) is 0 Å². The maximum Gasteiger partial charge on any atom is 0.247 e. The van der Waals surface area contributed by atoms with Gasteiger partial charge in [0.05, 0.1) is 16.5 Å². The first-order valence-corrected chi connectivity index (χ1v) is 9.78. The Morgan fingerprint density at radius 3 is 2.54 bits per heavy atom. The van der Waals surface area contributed by atoms with Gasteiger partial charge in [-0.3, -0.25) is 9.59 Å². The number of halogens is 1. The van der Waals surface area contributed by atoms with Gasteiger partial charge in [0, 0.05) is 16.6 Å². The fourth-order valence-electron chi connectivity index (χ4n) is 2.64. The number of rotatable bonds is 4. The van der Waals surface area contributed by atoms with Gasteiger partial charge in [-0.25, -0.2) is 9.88 Å². The molecule has 1 aliphatic rings. The summed E-state index contributed by atoms with van der Waals surface area (Å²) in [7, 11) is 0. The van der Waals surface area contributed by atoms with E-state index in [1.54, 1.807) is 30.3 Å². The number of pyridine rings is 1. The van der Waals surface area contributed by atoms with Crippen LogP contribution in [0.3, 0.4) is 0 Å². The predicted molar refractivity (Wildman–Crippen MR) is 104 cm³/mol. The first-order chi connectivity index (χ1) is 12.4. The molecule has 0 aliphatic carbocycles. The number of hydrogen-bond donors (Lipinski definition) is 0. The highest BCUT2D eigenvalue weighted by atomic mass is 79.9. The van der Waals surface area contributed by atoms with Crippen LogP contribution in [0.4, 0.5) is 5.69 Å². The molecule has 1 aromatic heterocycles. The molecule has 1 atom stereocenters. The van der Waals surface area contributed by atoms with Crippen molar-refractivity contribution in [3.05, 3.63) is 52.1 Å². The largest absolute Gasteiger partial charge is 0.274 e. The Morgan fingerprint density at radius 2 is 1.92 bits per heavy atom. The second-order valence-electron chi connectivity index (χ2n) is 6.21. The molecule has 0 N–H and O–H groups in total. The topological polar surface area (TPSA) is 74.1 Å². The summed E-state index contributed by atoms with van der Waals surface area (Å²) in [5.74, 6) is -0.307. The van der Waals surface area contributed by atoms with Gasteiger partial charge in [0.2, 0.25) is 11.8 Å². The Hall–Kier alpha value is -2.17. The molecule has 1 aliphatic heterocycles. The molecule has 0 bridgehead atoms. The van der Waals surface area contributed by atoms with Crippen LogP contribution in [0.15, 0.2) is 45.9 Å². The van der Waals surface area contributed by atoms with Crippen molar-refractivity contribution >= 4 is 45.2 Å². The van der Waals surface area contributed by atoms with E-state index in [0.29, 0.717) is 16.3 Å². The van der Waals surface area contributed by atoms with Crippen LogP contribution in [0.1, 0.15) is 37.4 Å². The van der Waals surface area contributed by atoms with Gasteiger partial charge in [-0.05, 0) is 42.3 Å². The van der Waals surface area contributed by atoms with E-state index < -0.39 is 5.25 Å². The highest BCUT2D eigenvalue weighted by Crippen LogP contribution is 2.35. The number of thioether (sulfide) groups is 1. The van der Waals surface area contributed by atoms with Gasteiger partial charge in [0.15, 0.2) is 0 Å². The molecule has 0 unspecified atom stereocenters. The first-order valence-electron chi connectivity index (χ1n) is 8.10. The van der Waals surface area contributed by atoms with Crippen LogP contribution in [-0.2, 0) is 9.59 Å². The monoisotopic (exact) mass is 429 g/mol. The number of carbonyl (C=O) groups excluding carboxylic acids is 2. The van der Waals surface area contributed by atoms with E-state index in [4.69, 9.17) is 0 Å². The number of carbonyl (C=O) groups is 2. The van der Waals surface area contributed by atoms with E-state index >= 15 is 0 Å². The molecule has 0 spiro atoms. The van der Waals surface area contributed by atoms with Crippen molar-refractivity contribution in [2.75, 3.05) is 4.90 Å². The smallest absolute Gasteiger partial charge is 0.247 e. The van der Waals surface area contributed by atoms with Crippen molar-refractivity contribution in [1.29, 1.82) is 5.26 Å².